The molecule has 0 amide bonds. The minimum absolute atomic E-state index is 0.0970. The van der Waals surface area contributed by atoms with Crippen molar-refractivity contribution < 1.29 is 5.11 Å². The van der Waals surface area contributed by atoms with Crippen molar-refractivity contribution in [3.05, 3.63) is 58.5 Å². The van der Waals surface area contributed by atoms with Crippen molar-refractivity contribution in [3.8, 4) is 5.69 Å². The first-order valence-electron chi connectivity index (χ1n) is 5.72. The molecule has 1 aromatic heterocycles. The van der Waals surface area contributed by atoms with E-state index < -0.39 is 0 Å². The van der Waals surface area contributed by atoms with Crippen molar-refractivity contribution in [2.45, 2.75) is 6.61 Å². The third-order valence-electron chi connectivity index (χ3n) is 2.81. The zero-order valence-corrected chi connectivity index (χ0v) is 10.5. The molecule has 1 N–H and O–H groups in total. The van der Waals surface area contributed by atoms with Crippen LogP contribution in [0.1, 0.15) is 5.69 Å². The van der Waals surface area contributed by atoms with Gasteiger partial charge in [-0.1, -0.05) is 0 Å². The SMILES string of the molecule is CN(C)c1ccc(-n2ccc(=O)cc2CO)cc1. The minimum Gasteiger partial charge on any atom is -0.390 e. The van der Waals surface area contributed by atoms with Gasteiger partial charge in [0.2, 0.25) is 0 Å². The standard InChI is InChI=1S/C14H16N2O2/c1-15(2)11-3-5-12(6-4-11)16-8-7-14(18)9-13(16)10-17/h3-9,17H,10H2,1-2H3. The molecule has 2 aromatic rings. The molecule has 1 heterocycles. The van der Waals surface area contributed by atoms with Gasteiger partial charge in [-0.2, -0.15) is 0 Å². The molecule has 0 radical (unpaired) electrons. The first-order chi connectivity index (χ1) is 8.61. The highest BCUT2D eigenvalue weighted by Crippen LogP contribution is 2.16. The first-order valence-corrected chi connectivity index (χ1v) is 5.72. The molecular formula is C14H16N2O2. The van der Waals surface area contributed by atoms with Crippen LogP contribution in [0.5, 0.6) is 0 Å². The van der Waals surface area contributed by atoms with Crippen LogP contribution in [-0.2, 0) is 6.61 Å². The summed E-state index contributed by atoms with van der Waals surface area (Å²) >= 11 is 0. The zero-order chi connectivity index (χ0) is 13.1. The molecule has 0 saturated heterocycles. The monoisotopic (exact) mass is 244 g/mol. The van der Waals surface area contributed by atoms with Crippen LogP contribution >= 0.6 is 0 Å². The number of hydrogen-bond donors (Lipinski definition) is 1. The van der Waals surface area contributed by atoms with Crippen molar-refractivity contribution in [3.63, 3.8) is 0 Å². The van der Waals surface area contributed by atoms with E-state index in [4.69, 9.17) is 0 Å². The van der Waals surface area contributed by atoms with Crippen LogP contribution in [0.4, 0.5) is 5.69 Å². The summed E-state index contributed by atoms with van der Waals surface area (Å²) in [6, 6.07) is 10.8. The molecule has 0 saturated carbocycles. The summed E-state index contributed by atoms with van der Waals surface area (Å²) < 4.78 is 1.81. The highest BCUT2D eigenvalue weighted by molar-refractivity contribution is 5.50. The number of aliphatic hydroxyl groups is 1. The van der Waals surface area contributed by atoms with Crippen LogP contribution in [0.2, 0.25) is 0 Å². The van der Waals surface area contributed by atoms with Crippen molar-refractivity contribution in [2.75, 3.05) is 19.0 Å². The lowest BCUT2D eigenvalue weighted by Gasteiger charge is -2.15. The predicted octanol–water partition coefficient (Wildman–Crippen LogP) is 1.40. The highest BCUT2D eigenvalue weighted by Gasteiger charge is 2.03. The number of pyridine rings is 1. The first kappa shape index (κ1) is 12.4. The second-order valence-corrected chi connectivity index (χ2v) is 4.29. The Bertz CT molecular complexity index is 585. The molecule has 18 heavy (non-hydrogen) atoms. The molecule has 0 aliphatic heterocycles. The fraction of sp³-hybridized carbons (Fsp3) is 0.214. The Morgan fingerprint density at radius 1 is 1.17 bits per heavy atom. The second kappa shape index (κ2) is 5.06. The molecule has 2 rings (SSSR count). The van der Waals surface area contributed by atoms with E-state index in [1.165, 1.54) is 12.1 Å². The maximum atomic E-state index is 11.2. The largest absolute Gasteiger partial charge is 0.390 e. The van der Waals surface area contributed by atoms with Gasteiger partial charge in [0.25, 0.3) is 0 Å². The summed E-state index contributed by atoms with van der Waals surface area (Å²) in [6.07, 6.45) is 1.68. The quantitative estimate of drug-likeness (QED) is 0.887. The smallest absolute Gasteiger partial charge is 0.181 e. The van der Waals surface area contributed by atoms with Crippen molar-refractivity contribution in [1.29, 1.82) is 0 Å². The summed E-state index contributed by atoms with van der Waals surface area (Å²) in [5.41, 5.74) is 2.51. The normalized spacial score (nSPS) is 10.4. The molecule has 0 fully saturated rings. The number of rotatable bonds is 3. The number of aromatic nitrogens is 1. The fourth-order valence-electron chi connectivity index (χ4n) is 1.81. The zero-order valence-electron chi connectivity index (χ0n) is 10.5. The Kier molecular flexibility index (Phi) is 3.48. The Morgan fingerprint density at radius 3 is 2.39 bits per heavy atom. The average Bonchev–Trinajstić information content (AvgIpc) is 2.38. The predicted molar refractivity (Wildman–Crippen MR) is 72.3 cm³/mol. The molecule has 0 atom stereocenters. The van der Waals surface area contributed by atoms with E-state index in [2.05, 4.69) is 0 Å². The Hall–Kier alpha value is -2.07. The molecule has 94 valence electrons. The van der Waals surface area contributed by atoms with E-state index in [0.717, 1.165) is 11.4 Å². The lowest BCUT2D eigenvalue weighted by Crippen LogP contribution is -2.11. The van der Waals surface area contributed by atoms with Gasteiger partial charge in [-0.3, -0.25) is 4.79 Å². The molecular weight excluding hydrogens is 228 g/mol. The Labute approximate surface area is 106 Å². The molecule has 0 aliphatic rings. The molecule has 1 aromatic carbocycles. The Morgan fingerprint density at radius 2 is 1.83 bits per heavy atom. The Balaban J connectivity index is 2.45. The van der Waals surface area contributed by atoms with Crippen LogP contribution in [0.3, 0.4) is 0 Å². The van der Waals surface area contributed by atoms with Crippen molar-refractivity contribution >= 4 is 5.69 Å². The van der Waals surface area contributed by atoms with Crippen molar-refractivity contribution in [2.24, 2.45) is 0 Å². The molecule has 4 heteroatoms. The van der Waals surface area contributed by atoms with Gasteiger partial charge in [0.05, 0.1) is 12.3 Å². The maximum Gasteiger partial charge on any atom is 0.181 e. The number of anilines is 1. The van der Waals surface area contributed by atoms with Crippen LogP contribution in [0.15, 0.2) is 47.4 Å². The van der Waals surface area contributed by atoms with Crippen LogP contribution in [0, 0.1) is 0 Å². The van der Waals surface area contributed by atoms with E-state index in [1.54, 1.807) is 10.8 Å². The summed E-state index contributed by atoms with van der Waals surface area (Å²) in [5.74, 6) is 0. The molecule has 0 aliphatic carbocycles. The number of benzene rings is 1. The molecule has 0 spiro atoms. The lowest BCUT2D eigenvalue weighted by atomic mass is 10.2. The summed E-state index contributed by atoms with van der Waals surface area (Å²) in [6.45, 7) is -0.161. The lowest BCUT2D eigenvalue weighted by molar-refractivity contribution is 0.273. The fourth-order valence-corrected chi connectivity index (χ4v) is 1.81. The summed E-state index contributed by atoms with van der Waals surface area (Å²) in [7, 11) is 3.96. The van der Waals surface area contributed by atoms with Gasteiger partial charge >= 0.3 is 0 Å². The van der Waals surface area contributed by atoms with Gasteiger partial charge in [0.1, 0.15) is 0 Å². The van der Waals surface area contributed by atoms with Gasteiger partial charge in [-0.25, -0.2) is 0 Å². The van der Waals surface area contributed by atoms with Gasteiger partial charge in [-0.05, 0) is 24.3 Å². The van der Waals surface area contributed by atoms with Gasteiger partial charge in [0, 0.05) is 43.8 Å². The van der Waals surface area contributed by atoms with Gasteiger partial charge < -0.3 is 14.6 Å². The molecule has 0 unspecified atom stereocenters. The number of nitrogens with zero attached hydrogens (tertiary/aromatic N) is 2. The van der Waals surface area contributed by atoms with E-state index in [1.807, 2.05) is 43.3 Å². The third-order valence-corrected chi connectivity index (χ3v) is 2.81. The third kappa shape index (κ3) is 2.43. The highest BCUT2D eigenvalue weighted by atomic mass is 16.3. The van der Waals surface area contributed by atoms with Gasteiger partial charge in [0.15, 0.2) is 5.43 Å². The van der Waals surface area contributed by atoms with E-state index in [-0.39, 0.29) is 12.0 Å². The van der Waals surface area contributed by atoms with E-state index >= 15 is 0 Å². The molecule has 0 bridgehead atoms. The average molecular weight is 244 g/mol. The molecule has 4 nitrogen and oxygen atoms in total. The maximum absolute atomic E-state index is 11.2. The number of aliphatic hydroxyl groups excluding tert-OH is 1. The number of hydrogen-bond acceptors (Lipinski definition) is 3. The van der Waals surface area contributed by atoms with E-state index in [0.29, 0.717) is 5.69 Å². The van der Waals surface area contributed by atoms with Gasteiger partial charge in [-0.15, -0.1) is 0 Å². The van der Waals surface area contributed by atoms with Crippen LogP contribution in [-0.4, -0.2) is 23.8 Å². The second-order valence-electron chi connectivity index (χ2n) is 4.29. The van der Waals surface area contributed by atoms with Crippen LogP contribution in [0.25, 0.3) is 5.69 Å². The van der Waals surface area contributed by atoms with Crippen LogP contribution < -0.4 is 10.3 Å². The van der Waals surface area contributed by atoms with Crippen molar-refractivity contribution in [1.82, 2.24) is 4.57 Å². The summed E-state index contributed by atoms with van der Waals surface area (Å²) in [5, 5.41) is 9.28. The summed E-state index contributed by atoms with van der Waals surface area (Å²) in [4.78, 5) is 13.3. The van der Waals surface area contributed by atoms with E-state index in [9.17, 15) is 9.90 Å². The topological polar surface area (TPSA) is 45.5 Å². The minimum atomic E-state index is -0.161.